The largest absolute Gasteiger partial charge is 0.497 e. The standard InChI is InChI=1S/C17H27N3O3.ClH/c1-19(10-7-17(22)20-11-8-18-9-12-20)16(13-21)14-3-5-15(23-2)6-4-14;/h3-6,16,18,21H,7-13H2,1-2H3;1H. The Kier molecular flexibility index (Phi) is 9.07. The van der Waals surface area contributed by atoms with Gasteiger partial charge in [0.2, 0.25) is 5.91 Å². The number of aliphatic hydroxyl groups excluding tert-OH is 1. The van der Waals surface area contributed by atoms with Crippen LogP contribution in [-0.2, 0) is 4.79 Å². The number of hydrogen-bond acceptors (Lipinski definition) is 5. The highest BCUT2D eigenvalue weighted by atomic mass is 35.5. The maximum atomic E-state index is 12.2. The lowest BCUT2D eigenvalue weighted by atomic mass is 10.1. The van der Waals surface area contributed by atoms with Gasteiger partial charge in [-0.25, -0.2) is 0 Å². The summed E-state index contributed by atoms with van der Waals surface area (Å²) < 4.78 is 5.16. The van der Waals surface area contributed by atoms with Crippen molar-refractivity contribution in [2.75, 3.05) is 53.5 Å². The first-order chi connectivity index (χ1) is 11.2. The monoisotopic (exact) mass is 357 g/mol. The molecule has 1 aromatic rings. The summed E-state index contributed by atoms with van der Waals surface area (Å²) in [5, 5.41) is 13.0. The molecule has 1 aliphatic rings. The minimum Gasteiger partial charge on any atom is -0.497 e. The molecule has 1 atom stereocenters. The van der Waals surface area contributed by atoms with E-state index < -0.39 is 0 Å². The predicted octanol–water partition coefficient (Wildman–Crippen LogP) is 0.904. The van der Waals surface area contributed by atoms with E-state index in [-0.39, 0.29) is 31.0 Å². The highest BCUT2D eigenvalue weighted by Crippen LogP contribution is 2.22. The number of likely N-dealkylation sites (N-methyl/N-ethyl adjacent to an activating group) is 1. The summed E-state index contributed by atoms with van der Waals surface area (Å²) in [7, 11) is 3.57. The van der Waals surface area contributed by atoms with E-state index in [4.69, 9.17) is 4.74 Å². The smallest absolute Gasteiger partial charge is 0.223 e. The molecule has 0 radical (unpaired) electrons. The zero-order valence-corrected chi connectivity index (χ0v) is 15.2. The number of carbonyl (C=O) groups excluding carboxylic acids is 1. The fourth-order valence-corrected chi connectivity index (χ4v) is 2.83. The molecule has 0 saturated carbocycles. The normalized spacial score (nSPS) is 15.8. The van der Waals surface area contributed by atoms with E-state index in [0.717, 1.165) is 37.5 Å². The van der Waals surface area contributed by atoms with Crippen LogP contribution in [0.15, 0.2) is 24.3 Å². The van der Waals surface area contributed by atoms with Gasteiger partial charge in [0, 0.05) is 39.1 Å². The molecule has 6 nitrogen and oxygen atoms in total. The van der Waals surface area contributed by atoms with Gasteiger partial charge >= 0.3 is 0 Å². The van der Waals surface area contributed by atoms with E-state index in [1.54, 1.807) is 7.11 Å². The molecule has 0 aliphatic carbocycles. The Bertz CT molecular complexity index is 492. The van der Waals surface area contributed by atoms with E-state index in [2.05, 4.69) is 5.32 Å². The third-order valence-corrected chi connectivity index (χ3v) is 4.35. The lowest BCUT2D eigenvalue weighted by molar-refractivity contribution is -0.132. The van der Waals surface area contributed by atoms with Crippen molar-refractivity contribution in [3.05, 3.63) is 29.8 Å². The molecule has 136 valence electrons. The molecular formula is C17H28ClN3O3. The first kappa shape index (κ1) is 20.7. The molecule has 7 heteroatoms. The van der Waals surface area contributed by atoms with Gasteiger partial charge < -0.3 is 20.1 Å². The van der Waals surface area contributed by atoms with Crippen molar-refractivity contribution in [1.29, 1.82) is 0 Å². The maximum Gasteiger partial charge on any atom is 0.223 e. The molecule has 2 N–H and O–H groups in total. The van der Waals surface area contributed by atoms with E-state index in [1.165, 1.54) is 0 Å². The van der Waals surface area contributed by atoms with E-state index in [1.807, 2.05) is 41.1 Å². The summed E-state index contributed by atoms with van der Waals surface area (Å²) in [5.41, 5.74) is 1.02. The summed E-state index contributed by atoms with van der Waals surface area (Å²) >= 11 is 0. The number of ether oxygens (including phenoxy) is 1. The maximum absolute atomic E-state index is 12.2. The van der Waals surface area contributed by atoms with Crippen molar-refractivity contribution in [2.45, 2.75) is 12.5 Å². The highest BCUT2D eigenvalue weighted by molar-refractivity contribution is 5.85. The Morgan fingerprint density at radius 2 is 1.96 bits per heavy atom. The number of carbonyl (C=O) groups is 1. The van der Waals surface area contributed by atoms with Gasteiger partial charge in [-0.2, -0.15) is 0 Å². The molecule has 2 rings (SSSR count). The number of methoxy groups -OCH3 is 1. The first-order valence-corrected chi connectivity index (χ1v) is 8.09. The van der Waals surface area contributed by atoms with Crippen LogP contribution in [0.2, 0.25) is 0 Å². The van der Waals surface area contributed by atoms with Gasteiger partial charge in [0.15, 0.2) is 0 Å². The molecule has 0 bridgehead atoms. The predicted molar refractivity (Wildman–Crippen MR) is 96.8 cm³/mol. The van der Waals surface area contributed by atoms with Crippen LogP contribution in [0.5, 0.6) is 5.75 Å². The molecule has 0 spiro atoms. The second-order valence-electron chi connectivity index (χ2n) is 5.83. The van der Waals surface area contributed by atoms with Gasteiger partial charge in [0.25, 0.3) is 0 Å². The molecule has 1 aromatic carbocycles. The molecule has 24 heavy (non-hydrogen) atoms. The van der Waals surface area contributed by atoms with Crippen molar-refractivity contribution >= 4 is 18.3 Å². The summed E-state index contributed by atoms with van der Waals surface area (Å²) in [6, 6.07) is 7.56. The van der Waals surface area contributed by atoms with Crippen LogP contribution in [0.4, 0.5) is 0 Å². The average Bonchev–Trinajstić information content (AvgIpc) is 2.61. The molecule has 1 aliphatic heterocycles. The van der Waals surface area contributed by atoms with Crippen LogP contribution in [0.1, 0.15) is 18.0 Å². The fourth-order valence-electron chi connectivity index (χ4n) is 2.83. The number of hydrogen-bond donors (Lipinski definition) is 2. The zero-order valence-electron chi connectivity index (χ0n) is 14.4. The van der Waals surface area contributed by atoms with Crippen molar-refractivity contribution in [2.24, 2.45) is 0 Å². The van der Waals surface area contributed by atoms with Gasteiger partial charge in [-0.15, -0.1) is 12.4 Å². The Morgan fingerprint density at radius 1 is 1.33 bits per heavy atom. The van der Waals surface area contributed by atoms with Crippen molar-refractivity contribution in [1.82, 2.24) is 15.1 Å². The molecule has 1 fully saturated rings. The van der Waals surface area contributed by atoms with Crippen LogP contribution in [-0.4, -0.2) is 74.3 Å². The molecule has 1 unspecified atom stereocenters. The van der Waals surface area contributed by atoms with Crippen molar-refractivity contribution in [3.63, 3.8) is 0 Å². The Balaban J connectivity index is 0.00000288. The third kappa shape index (κ3) is 5.63. The van der Waals surface area contributed by atoms with Crippen molar-refractivity contribution < 1.29 is 14.6 Å². The van der Waals surface area contributed by atoms with E-state index in [0.29, 0.717) is 13.0 Å². The van der Waals surface area contributed by atoms with Crippen LogP contribution in [0.25, 0.3) is 0 Å². The van der Waals surface area contributed by atoms with Crippen LogP contribution in [0.3, 0.4) is 0 Å². The molecule has 1 saturated heterocycles. The number of amides is 1. The Morgan fingerprint density at radius 3 is 2.50 bits per heavy atom. The van der Waals surface area contributed by atoms with Crippen molar-refractivity contribution in [3.8, 4) is 5.75 Å². The van der Waals surface area contributed by atoms with Gasteiger partial charge in [0.05, 0.1) is 19.8 Å². The quantitative estimate of drug-likeness (QED) is 0.759. The number of halogens is 1. The van der Waals surface area contributed by atoms with E-state index in [9.17, 15) is 9.90 Å². The fraction of sp³-hybridized carbons (Fsp3) is 0.588. The Hall–Kier alpha value is -1.34. The highest BCUT2D eigenvalue weighted by Gasteiger charge is 2.20. The zero-order chi connectivity index (χ0) is 16.7. The Labute approximate surface area is 150 Å². The summed E-state index contributed by atoms with van der Waals surface area (Å²) in [4.78, 5) is 16.2. The summed E-state index contributed by atoms with van der Waals surface area (Å²) in [6.07, 6.45) is 0.475. The van der Waals surface area contributed by atoms with E-state index >= 15 is 0 Å². The third-order valence-electron chi connectivity index (χ3n) is 4.35. The summed E-state index contributed by atoms with van der Waals surface area (Å²) in [6.45, 7) is 3.94. The van der Waals surface area contributed by atoms with Gasteiger partial charge in [-0.05, 0) is 24.7 Å². The molecule has 1 amide bonds. The lowest BCUT2D eigenvalue weighted by Gasteiger charge is -2.30. The van der Waals surface area contributed by atoms with Crippen LogP contribution >= 0.6 is 12.4 Å². The first-order valence-electron chi connectivity index (χ1n) is 8.09. The lowest BCUT2D eigenvalue weighted by Crippen LogP contribution is -2.47. The van der Waals surface area contributed by atoms with Gasteiger partial charge in [-0.3, -0.25) is 9.69 Å². The minimum absolute atomic E-state index is 0. The number of rotatable bonds is 7. The number of piperazine rings is 1. The topological polar surface area (TPSA) is 65.0 Å². The number of aliphatic hydroxyl groups is 1. The summed E-state index contributed by atoms with van der Waals surface area (Å²) in [5.74, 6) is 0.978. The second-order valence-corrected chi connectivity index (χ2v) is 5.83. The minimum atomic E-state index is -0.114. The number of nitrogens with one attached hydrogen (secondary N) is 1. The van der Waals surface area contributed by atoms with Gasteiger partial charge in [-0.1, -0.05) is 12.1 Å². The van der Waals surface area contributed by atoms with Crippen LogP contribution < -0.4 is 10.1 Å². The number of benzene rings is 1. The second kappa shape index (κ2) is 10.5. The number of nitrogens with zero attached hydrogens (tertiary/aromatic N) is 2. The average molecular weight is 358 g/mol. The molecular weight excluding hydrogens is 330 g/mol. The molecule has 0 aromatic heterocycles. The SMILES string of the molecule is COc1ccc(C(CO)N(C)CCC(=O)N2CCNCC2)cc1.Cl. The molecule has 1 heterocycles. The van der Waals surface area contributed by atoms with Gasteiger partial charge in [0.1, 0.15) is 5.75 Å². The van der Waals surface area contributed by atoms with Crippen LogP contribution in [0, 0.1) is 0 Å².